The van der Waals surface area contributed by atoms with E-state index in [0.717, 1.165) is 23.3 Å². The standard InChI is InChI=1S/C23H30N4O5S/c1-15(2)31-23(28)26-9-7-17(8-10-26)27-11-12-30-20-21(27)24-14-25-22(20)32-19-6-5-18(33(4)29)13-16(19)3/h5-6,13-15,17H,7-12H2,1-4H3. The fourth-order valence-corrected chi connectivity index (χ4v) is 4.72. The third-order valence-corrected chi connectivity index (χ3v) is 6.71. The lowest BCUT2D eigenvalue weighted by Crippen LogP contribution is -2.49. The molecule has 178 valence electrons. The Labute approximate surface area is 196 Å². The molecule has 1 fully saturated rings. The third kappa shape index (κ3) is 5.21. The van der Waals surface area contributed by atoms with E-state index in [4.69, 9.17) is 14.2 Å². The van der Waals surface area contributed by atoms with Gasteiger partial charge >= 0.3 is 6.09 Å². The maximum atomic E-state index is 12.2. The maximum Gasteiger partial charge on any atom is 0.410 e. The number of likely N-dealkylation sites (tertiary alicyclic amines) is 1. The minimum atomic E-state index is -1.06. The normalized spacial score (nSPS) is 17.4. The first-order valence-corrected chi connectivity index (χ1v) is 12.7. The van der Waals surface area contributed by atoms with Gasteiger partial charge in [0.1, 0.15) is 18.7 Å². The second-order valence-electron chi connectivity index (χ2n) is 8.51. The van der Waals surface area contributed by atoms with Gasteiger partial charge < -0.3 is 24.0 Å². The van der Waals surface area contributed by atoms with E-state index >= 15 is 0 Å². The van der Waals surface area contributed by atoms with Crippen LogP contribution < -0.4 is 14.4 Å². The lowest BCUT2D eigenvalue weighted by molar-refractivity contribution is 0.0687. The lowest BCUT2D eigenvalue weighted by Gasteiger charge is -2.41. The van der Waals surface area contributed by atoms with Crippen LogP contribution in [0.5, 0.6) is 17.4 Å². The van der Waals surface area contributed by atoms with Crippen LogP contribution in [0.3, 0.4) is 0 Å². The molecule has 3 heterocycles. The summed E-state index contributed by atoms with van der Waals surface area (Å²) in [4.78, 5) is 25.8. The number of aryl methyl sites for hydroxylation is 1. The van der Waals surface area contributed by atoms with Crippen molar-refractivity contribution >= 4 is 22.7 Å². The molecule has 0 saturated carbocycles. The molecule has 0 aliphatic carbocycles. The number of amides is 1. The number of carbonyl (C=O) groups is 1. The van der Waals surface area contributed by atoms with Crippen LogP contribution in [0.4, 0.5) is 10.6 Å². The molecule has 1 saturated heterocycles. The molecule has 2 aliphatic rings. The number of piperidine rings is 1. The number of fused-ring (bicyclic) bond motifs is 1. The van der Waals surface area contributed by atoms with Gasteiger partial charge in [-0.15, -0.1) is 0 Å². The molecule has 0 bridgehead atoms. The molecule has 0 spiro atoms. The monoisotopic (exact) mass is 474 g/mol. The van der Waals surface area contributed by atoms with Crippen LogP contribution in [0, 0.1) is 6.92 Å². The molecule has 10 heteroatoms. The zero-order valence-electron chi connectivity index (χ0n) is 19.4. The number of benzene rings is 1. The zero-order chi connectivity index (χ0) is 23.5. The summed E-state index contributed by atoms with van der Waals surface area (Å²) in [5, 5.41) is 0. The van der Waals surface area contributed by atoms with Gasteiger partial charge in [0, 0.05) is 41.1 Å². The highest BCUT2D eigenvalue weighted by atomic mass is 32.2. The molecular weight excluding hydrogens is 444 g/mol. The van der Waals surface area contributed by atoms with Gasteiger partial charge in [-0.1, -0.05) is 0 Å². The first-order valence-electron chi connectivity index (χ1n) is 11.2. The summed E-state index contributed by atoms with van der Waals surface area (Å²) in [6.07, 6.45) is 4.40. The Morgan fingerprint density at radius 2 is 1.97 bits per heavy atom. The number of nitrogens with zero attached hydrogens (tertiary/aromatic N) is 4. The summed E-state index contributed by atoms with van der Waals surface area (Å²) >= 11 is 0. The van der Waals surface area contributed by atoms with Crippen LogP contribution in [-0.2, 0) is 15.5 Å². The van der Waals surface area contributed by atoms with Crippen molar-refractivity contribution in [2.75, 3.05) is 37.4 Å². The molecule has 2 aliphatic heterocycles. The van der Waals surface area contributed by atoms with Gasteiger partial charge in [0.05, 0.1) is 12.6 Å². The van der Waals surface area contributed by atoms with Crippen molar-refractivity contribution in [2.45, 2.75) is 50.7 Å². The molecule has 0 N–H and O–H groups in total. The Morgan fingerprint density at radius 1 is 1.21 bits per heavy atom. The van der Waals surface area contributed by atoms with E-state index in [0.29, 0.717) is 49.4 Å². The number of rotatable bonds is 5. The molecule has 2 aromatic rings. The molecule has 1 amide bonds. The fourth-order valence-electron chi connectivity index (χ4n) is 4.12. The fraction of sp³-hybridized carbons (Fsp3) is 0.522. The van der Waals surface area contributed by atoms with Crippen LogP contribution in [0.15, 0.2) is 29.4 Å². The largest absolute Gasteiger partial charge is 0.483 e. The van der Waals surface area contributed by atoms with Gasteiger partial charge in [0.2, 0.25) is 5.75 Å². The topological polar surface area (TPSA) is 94.1 Å². The third-order valence-electron chi connectivity index (χ3n) is 5.79. The summed E-state index contributed by atoms with van der Waals surface area (Å²) in [5.74, 6) is 2.21. The number of ether oxygens (including phenoxy) is 3. The first kappa shape index (κ1) is 23.3. The van der Waals surface area contributed by atoms with Crippen LogP contribution in [-0.4, -0.2) is 69.8 Å². The van der Waals surface area contributed by atoms with Crippen LogP contribution >= 0.6 is 0 Å². The van der Waals surface area contributed by atoms with E-state index in [9.17, 15) is 9.00 Å². The summed E-state index contributed by atoms with van der Waals surface area (Å²) in [6, 6.07) is 5.67. The molecule has 1 atom stereocenters. The van der Waals surface area contributed by atoms with Crippen molar-refractivity contribution in [1.29, 1.82) is 0 Å². The zero-order valence-corrected chi connectivity index (χ0v) is 20.3. The lowest BCUT2D eigenvalue weighted by atomic mass is 10.0. The minimum absolute atomic E-state index is 0.125. The average molecular weight is 475 g/mol. The van der Waals surface area contributed by atoms with E-state index in [1.165, 1.54) is 6.33 Å². The predicted octanol–water partition coefficient (Wildman–Crippen LogP) is 3.52. The van der Waals surface area contributed by atoms with Crippen molar-refractivity contribution in [3.8, 4) is 17.4 Å². The van der Waals surface area contributed by atoms with Crippen molar-refractivity contribution in [3.63, 3.8) is 0 Å². The van der Waals surface area contributed by atoms with Crippen LogP contribution in [0.1, 0.15) is 32.3 Å². The van der Waals surface area contributed by atoms with Gasteiger partial charge in [-0.3, -0.25) is 4.21 Å². The molecule has 33 heavy (non-hydrogen) atoms. The quantitative estimate of drug-likeness (QED) is 0.650. The smallest absolute Gasteiger partial charge is 0.410 e. The Hall–Kier alpha value is -2.88. The number of aromatic nitrogens is 2. The Balaban J connectivity index is 1.49. The Bertz CT molecular complexity index is 1040. The van der Waals surface area contributed by atoms with E-state index < -0.39 is 10.8 Å². The van der Waals surface area contributed by atoms with Crippen molar-refractivity contribution in [2.24, 2.45) is 0 Å². The number of hydrogen-bond acceptors (Lipinski definition) is 8. The number of carbonyl (C=O) groups excluding carboxylic acids is 1. The van der Waals surface area contributed by atoms with Gasteiger partial charge in [0.15, 0.2) is 5.82 Å². The predicted molar refractivity (Wildman–Crippen MR) is 125 cm³/mol. The first-order chi connectivity index (χ1) is 15.8. The van der Waals surface area contributed by atoms with E-state index in [2.05, 4.69) is 14.9 Å². The molecule has 1 aromatic heterocycles. The summed E-state index contributed by atoms with van der Waals surface area (Å²) < 4.78 is 29.1. The molecule has 1 unspecified atom stereocenters. The van der Waals surface area contributed by atoms with E-state index in [1.54, 1.807) is 23.3 Å². The maximum absolute atomic E-state index is 12.2. The molecular formula is C23H30N4O5S. The summed E-state index contributed by atoms with van der Waals surface area (Å²) in [6.45, 7) is 8.11. The second kappa shape index (κ2) is 9.94. The van der Waals surface area contributed by atoms with Crippen molar-refractivity contribution < 1.29 is 23.2 Å². The average Bonchev–Trinajstić information content (AvgIpc) is 2.79. The number of anilines is 1. The number of hydrogen-bond donors (Lipinski definition) is 0. The SMILES string of the molecule is Cc1cc(S(C)=O)ccc1Oc1ncnc2c1OCCN2C1CCN(C(=O)OC(C)C)CC1. The van der Waals surface area contributed by atoms with Crippen LogP contribution in [0.2, 0.25) is 0 Å². The van der Waals surface area contributed by atoms with Gasteiger partial charge in [-0.25, -0.2) is 9.78 Å². The second-order valence-corrected chi connectivity index (χ2v) is 9.89. The van der Waals surface area contributed by atoms with Crippen LogP contribution in [0.25, 0.3) is 0 Å². The highest BCUT2D eigenvalue weighted by Gasteiger charge is 2.33. The van der Waals surface area contributed by atoms with Gasteiger partial charge in [-0.05, 0) is 57.4 Å². The molecule has 9 nitrogen and oxygen atoms in total. The van der Waals surface area contributed by atoms with E-state index in [1.807, 2.05) is 26.8 Å². The highest BCUT2D eigenvalue weighted by Crippen LogP contribution is 2.41. The van der Waals surface area contributed by atoms with Gasteiger partial charge in [-0.2, -0.15) is 4.98 Å². The minimum Gasteiger partial charge on any atom is -0.483 e. The summed E-state index contributed by atoms with van der Waals surface area (Å²) in [5.41, 5.74) is 0.864. The van der Waals surface area contributed by atoms with Gasteiger partial charge in [0.25, 0.3) is 5.88 Å². The summed E-state index contributed by atoms with van der Waals surface area (Å²) in [7, 11) is -1.06. The Morgan fingerprint density at radius 3 is 2.64 bits per heavy atom. The Kier molecular flexibility index (Phi) is 7.02. The molecule has 0 radical (unpaired) electrons. The molecule has 4 rings (SSSR count). The van der Waals surface area contributed by atoms with E-state index in [-0.39, 0.29) is 18.2 Å². The highest BCUT2D eigenvalue weighted by molar-refractivity contribution is 7.84. The van der Waals surface area contributed by atoms with Crippen molar-refractivity contribution in [3.05, 3.63) is 30.1 Å². The van der Waals surface area contributed by atoms with Crippen molar-refractivity contribution in [1.82, 2.24) is 14.9 Å². The molecule has 1 aromatic carbocycles.